The highest BCUT2D eigenvalue weighted by atomic mass is 16.4. The standard InChI is InChI=1S/C11H16BN3O3/c1-4-7(2)15(3)11(16)9-5-8(12(17)18)6-14-10(9)13/h5-6,17-18H,2,4H2,1,3H3,(H2,13,14). The van der Waals surface area contributed by atoms with Gasteiger partial charge in [0, 0.05) is 24.4 Å². The molecule has 0 aliphatic rings. The van der Waals surface area contributed by atoms with Crippen molar-refractivity contribution in [1.29, 1.82) is 0 Å². The summed E-state index contributed by atoms with van der Waals surface area (Å²) < 4.78 is 0. The summed E-state index contributed by atoms with van der Waals surface area (Å²) in [5.74, 6) is -0.338. The number of nitrogens with two attached hydrogens (primary N) is 1. The Morgan fingerprint density at radius 1 is 1.61 bits per heavy atom. The smallest absolute Gasteiger partial charge is 0.423 e. The van der Waals surface area contributed by atoms with Gasteiger partial charge in [-0.1, -0.05) is 13.5 Å². The zero-order valence-electron chi connectivity index (χ0n) is 10.4. The van der Waals surface area contributed by atoms with E-state index in [1.165, 1.54) is 17.2 Å². The van der Waals surface area contributed by atoms with E-state index in [1.807, 2.05) is 6.92 Å². The van der Waals surface area contributed by atoms with Gasteiger partial charge < -0.3 is 20.7 Å². The van der Waals surface area contributed by atoms with Crippen LogP contribution in [0.5, 0.6) is 0 Å². The minimum Gasteiger partial charge on any atom is -0.423 e. The lowest BCUT2D eigenvalue weighted by Gasteiger charge is -2.19. The second-order valence-electron chi connectivity index (χ2n) is 3.86. The third kappa shape index (κ3) is 2.88. The normalized spacial score (nSPS) is 10.0. The molecule has 0 saturated carbocycles. The van der Waals surface area contributed by atoms with Crippen LogP contribution >= 0.6 is 0 Å². The van der Waals surface area contributed by atoms with Crippen molar-refractivity contribution in [2.75, 3.05) is 12.8 Å². The summed E-state index contributed by atoms with van der Waals surface area (Å²) in [6.45, 7) is 5.63. The third-order valence-electron chi connectivity index (χ3n) is 2.66. The van der Waals surface area contributed by atoms with Gasteiger partial charge in [-0.15, -0.1) is 0 Å². The molecular formula is C11H16BN3O3. The van der Waals surface area contributed by atoms with Crippen molar-refractivity contribution in [3.05, 3.63) is 30.1 Å². The minimum absolute atomic E-state index is 0.0418. The molecule has 1 amide bonds. The van der Waals surface area contributed by atoms with Crippen LogP contribution in [0.4, 0.5) is 5.82 Å². The van der Waals surface area contributed by atoms with E-state index in [0.717, 1.165) is 0 Å². The Balaban J connectivity index is 3.12. The molecule has 0 atom stereocenters. The first-order valence-electron chi connectivity index (χ1n) is 5.45. The van der Waals surface area contributed by atoms with E-state index in [-0.39, 0.29) is 22.8 Å². The van der Waals surface area contributed by atoms with Crippen LogP contribution in [0, 0.1) is 0 Å². The number of anilines is 1. The van der Waals surface area contributed by atoms with E-state index < -0.39 is 7.12 Å². The number of carbonyl (C=O) groups is 1. The maximum absolute atomic E-state index is 12.1. The molecule has 0 fully saturated rings. The van der Waals surface area contributed by atoms with Gasteiger partial charge >= 0.3 is 7.12 Å². The molecule has 0 bridgehead atoms. The van der Waals surface area contributed by atoms with Crippen LogP contribution in [0.2, 0.25) is 0 Å². The number of pyridine rings is 1. The first kappa shape index (κ1) is 14.2. The average Bonchev–Trinajstić information content (AvgIpc) is 2.36. The number of hydrogen-bond acceptors (Lipinski definition) is 5. The van der Waals surface area contributed by atoms with Gasteiger partial charge in [-0.2, -0.15) is 0 Å². The molecule has 18 heavy (non-hydrogen) atoms. The zero-order valence-corrected chi connectivity index (χ0v) is 10.4. The molecule has 0 spiro atoms. The van der Waals surface area contributed by atoms with Crippen LogP contribution in [-0.4, -0.2) is 40.0 Å². The SMILES string of the molecule is C=C(CC)N(C)C(=O)c1cc(B(O)O)cnc1N. The first-order valence-corrected chi connectivity index (χ1v) is 5.45. The fraction of sp³-hybridized carbons (Fsp3) is 0.273. The molecule has 1 aromatic rings. The van der Waals surface area contributed by atoms with Crippen LogP contribution in [0.25, 0.3) is 0 Å². The third-order valence-corrected chi connectivity index (χ3v) is 2.66. The van der Waals surface area contributed by atoms with Gasteiger partial charge in [0.15, 0.2) is 0 Å². The van der Waals surface area contributed by atoms with Gasteiger partial charge in [0.05, 0.1) is 5.56 Å². The monoisotopic (exact) mass is 249 g/mol. The summed E-state index contributed by atoms with van der Waals surface area (Å²) in [4.78, 5) is 17.3. The summed E-state index contributed by atoms with van der Waals surface area (Å²) >= 11 is 0. The van der Waals surface area contributed by atoms with E-state index in [0.29, 0.717) is 12.1 Å². The molecule has 7 heteroatoms. The lowest BCUT2D eigenvalue weighted by Crippen LogP contribution is -2.33. The summed E-state index contributed by atoms with van der Waals surface area (Å²) in [5.41, 5.74) is 6.49. The Kier molecular flexibility index (Phi) is 4.46. The number of hydrogen-bond donors (Lipinski definition) is 3. The fourth-order valence-electron chi connectivity index (χ4n) is 1.37. The summed E-state index contributed by atoms with van der Waals surface area (Å²) in [7, 11) is -0.111. The van der Waals surface area contributed by atoms with Gasteiger partial charge in [0.1, 0.15) is 5.82 Å². The number of rotatable bonds is 4. The minimum atomic E-state index is -1.69. The lowest BCUT2D eigenvalue weighted by molar-refractivity contribution is 0.0834. The van der Waals surface area contributed by atoms with Gasteiger partial charge in [-0.25, -0.2) is 4.98 Å². The Bertz CT molecular complexity index is 477. The van der Waals surface area contributed by atoms with Gasteiger partial charge in [0.2, 0.25) is 0 Å². The van der Waals surface area contributed by atoms with Crippen molar-refractivity contribution in [2.24, 2.45) is 0 Å². The van der Waals surface area contributed by atoms with E-state index in [4.69, 9.17) is 15.8 Å². The van der Waals surface area contributed by atoms with Crippen LogP contribution in [0.1, 0.15) is 23.7 Å². The van der Waals surface area contributed by atoms with Crippen LogP contribution in [0.15, 0.2) is 24.5 Å². The molecule has 1 rings (SSSR count). The van der Waals surface area contributed by atoms with Crippen LogP contribution in [0.3, 0.4) is 0 Å². The van der Waals surface area contributed by atoms with E-state index in [9.17, 15) is 4.79 Å². The molecule has 0 aromatic carbocycles. The van der Waals surface area contributed by atoms with Crippen molar-refractivity contribution < 1.29 is 14.8 Å². The molecule has 0 aliphatic carbocycles. The molecule has 6 nitrogen and oxygen atoms in total. The van der Waals surface area contributed by atoms with Crippen molar-refractivity contribution in [2.45, 2.75) is 13.3 Å². The first-order chi connectivity index (χ1) is 8.38. The lowest BCUT2D eigenvalue weighted by atomic mass is 9.81. The molecule has 96 valence electrons. The molecule has 1 heterocycles. The van der Waals surface area contributed by atoms with Crippen LogP contribution in [-0.2, 0) is 0 Å². The predicted molar refractivity (Wildman–Crippen MR) is 70.0 cm³/mol. The predicted octanol–water partition coefficient (Wildman–Crippen LogP) is -0.661. The largest absolute Gasteiger partial charge is 0.490 e. The second-order valence-corrected chi connectivity index (χ2v) is 3.86. The molecule has 0 radical (unpaired) electrons. The van der Waals surface area contributed by atoms with E-state index in [1.54, 1.807) is 7.05 Å². The topological polar surface area (TPSA) is 99.7 Å². The number of aromatic nitrogens is 1. The summed E-state index contributed by atoms with van der Waals surface area (Å²) in [6.07, 6.45) is 1.84. The quantitative estimate of drug-likeness (QED) is 0.615. The molecule has 0 aliphatic heterocycles. The van der Waals surface area contributed by atoms with Crippen molar-refractivity contribution >= 4 is 24.3 Å². The number of nitrogen functional groups attached to an aromatic ring is 1. The maximum atomic E-state index is 12.1. The van der Waals surface area contributed by atoms with Gasteiger partial charge in [-0.05, 0) is 12.5 Å². The van der Waals surface area contributed by atoms with Crippen molar-refractivity contribution in [3.8, 4) is 0 Å². The molecule has 0 saturated heterocycles. The van der Waals surface area contributed by atoms with Crippen molar-refractivity contribution in [1.82, 2.24) is 9.88 Å². The molecular weight excluding hydrogens is 233 g/mol. The highest BCUT2D eigenvalue weighted by Crippen LogP contribution is 2.13. The zero-order chi connectivity index (χ0) is 13.9. The highest BCUT2D eigenvalue weighted by Gasteiger charge is 2.20. The van der Waals surface area contributed by atoms with Gasteiger partial charge in [-0.3, -0.25) is 4.79 Å². The summed E-state index contributed by atoms with van der Waals surface area (Å²) in [6, 6.07) is 1.31. The fourth-order valence-corrected chi connectivity index (χ4v) is 1.37. The summed E-state index contributed by atoms with van der Waals surface area (Å²) in [5, 5.41) is 18.1. The Morgan fingerprint density at radius 2 is 2.22 bits per heavy atom. The number of amides is 1. The Hall–Kier alpha value is -1.86. The number of allylic oxidation sites excluding steroid dienone is 1. The van der Waals surface area contributed by atoms with Crippen LogP contribution < -0.4 is 11.2 Å². The Labute approximate surface area is 106 Å². The molecule has 1 aromatic heterocycles. The highest BCUT2D eigenvalue weighted by molar-refractivity contribution is 6.58. The van der Waals surface area contributed by atoms with Crippen molar-refractivity contribution in [3.63, 3.8) is 0 Å². The van der Waals surface area contributed by atoms with E-state index in [2.05, 4.69) is 11.6 Å². The second kappa shape index (κ2) is 5.66. The van der Waals surface area contributed by atoms with Gasteiger partial charge in [0.25, 0.3) is 5.91 Å². The maximum Gasteiger partial charge on any atom is 0.490 e. The molecule has 4 N–H and O–H groups in total. The average molecular weight is 249 g/mol. The number of carbonyl (C=O) groups excluding carboxylic acids is 1. The number of nitrogens with zero attached hydrogens (tertiary/aromatic N) is 2. The van der Waals surface area contributed by atoms with E-state index >= 15 is 0 Å². The molecule has 0 unspecified atom stereocenters. The Morgan fingerprint density at radius 3 is 2.72 bits per heavy atom.